The number of anilines is 1. The minimum absolute atomic E-state index is 0.0435. The van der Waals surface area contributed by atoms with Crippen LogP contribution in [-0.2, 0) is 9.53 Å². The van der Waals surface area contributed by atoms with Crippen molar-refractivity contribution in [2.24, 2.45) is 0 Å². The predicted molar refractivity (Wildman–Crippen MR) is 120 cm³/mol. The predicted octanol–water partition coefficient (Wildman–Crippen LogP) is 5.42. The van der Waals surface area contributed by atoms with Crippen molar-refractivity contribution >= 4 is 17.8 Å². The van der Waals surface area contributed by atoms with Crippen molar-refractivity contribution in [3.8, 4) is 28.5 Å². The third-order valence-corrected chi connectivity index (χ3v) is 4.79. The van der Waals surface area contributed by atoms with Crippen LogP contribution in [0.3, 0.4) is 0 Å². The molecule has 1 amide bonds. The highest BCUT2D eigenvalue weighted by Crippen LogP contribution is 2.41. The van der Waals surface area contributed by atoms with Crippen LogP contribution in [0.25, 0.3) is 22.5 Å². The largest absolute Gasteiger partial charge is 0.452 e. The highest BCUT2D eigenvalue weighted by Gasteiger charge is 2.24. The van der Waals surface area contributed by atoms with E-state index >= 15 is 0 Å². The van der Waals surface area contributed by atoms with Crippen LogP contribution >= 0.6 is 0 Å². The van der Waals surface area contributed by atoms with Crippen molar-refractivity contribution in [3.63, 3.8) is 0 Å². The van der Waals surface area contributed by atoms with E-state index in [0.717, 1.165) is 23.3 Å². The van der Waals surface area contributed by atoms with Gasteiger partial charge < -0.3 is 9.15 Å². The Morgan fingerprint density at radius 1 is 0.909 bits per heavy atom. The molecule has 0 saturated carbocycles. The van der Waals surface area contributed by atoms with Crippen LogP contribution in [0.4, 0.5) is 10.3 Å². The van der Waals surface area contributed by atoms with E-state index in [9.17, 15) is 19.2 Å². The maximum absolute atomic E-state index is 13.0. The van der Waals surface area contributed by atoms with E-state index in [0.29, 0.717) is 11.3 Å². The number of esters is 1. The molecule has 0 aliphatic heterocycles. The normalized spacial score (nSPS) is 10.3. The lowest BCUT2D eigenvalue weighted by molar-refractivity contribution is -0.119. The number of halogens is 1. The van der Waals surface area contributed by atoms with Gasteiger partial charge in [0.05, 0.1) is 5.56 Å². The Hall–Kier alpha value is -4.70. The van der Waals surface area contributed by atoms with Crippen molar-refractivity contribution in [2.75, 3.05) is 11.9 Å². The van der Waals surface area contributed by atoms with Crippen LogP contribution in [0.1, 0.15) is 15.9 Å². The number of rotatable bonds is 6. The minimum atomic E-state index is -0.778. The van der Waals surface area contributed by atoms with E-state index in [-0.39, 0.29) is 17.0 Å². The summed E-state index contributed by atoms with van der Waals surface area (Å²) in [6, 6.07) is 25.3. The van der Waals surface area contributed by atoms with E-state index in [2.05, 4.69) is 11.4 Å². The van der Waals surface area contributed by atoms with Crippen molar-refractivity contribution < 1.29 is 23.1 Å². The molecule has 1 heterocycles. The summed E-state index contributed by atoms with van der Waals surface area (Å²) in [5.41, 5.74) is 2.29. The molecule has 1 N–H and O–H groups in total. The highest BCUT2D eigenvalue weighted by atomic mass is 19.1. The van der Waals surface area contributed by atoms with Crippen LogP contribution in [-0.4, -0.2) is 18.5 Å². The van der Waals surface area contributed by atoms with E-state index in [1.807, 2.05) is 60.7 Å². The Morgan fingerprint density at radius 3 is 2.12 bits per heavy atom. The number of furan rings is 1. The van der Waals surface area contributed by atoms with Gasteiger partial charge in [-0.1, -0.05) is 60.7 Å². The quantitative estimate of drug-likeness (QED) is 0.404. The van der Waals surface area contributed by atoms with Gasteiger partial charge in [-0.05, 0) is 29.8 Å². The maximum Gasteiger partial charge on any atom is 0.338 e. The molecule has 0 aliphatic carbocycles. The molecule has 1 aromatic heterocycles. The smallest absolute Gasteiger partial charge is 0.338 e. The summed E-state index contributed by atoms with van der Waals surface area (Å²) in [5.74, 6) is -1.57. The van der Waals surface area contributed by atoms with E-state index in [1.54, 1.807) is 0 Å². The van der Waals surface area contributed by atoms with Gasteiger partial charge in [-0.25, -0.2) is 9.18 Å². The first kappa shape index (κ1) is 21.5. The summed E-state index contributed by atoms with van der Waals surface area (Å²) in [7, 11) is 0. The molecule has 0 unspecified atom stereocenters. The van der Waals surface area contributed by atoms with E-state index in [1.165, 1.54) is 12.1 Å². The van der Waals surface area contributed by atoms with Crippen LogP contribution in [0.2, 0.25) is 0 Å². The molecule has 0 spiro atoms. The average molecular weight is 440 g/mol. The number of hydrogen-bond acceptors (Lipinski definition) is 5. The van der Waals surface area contributed by atoms with Crippen molar-refractivity contribution in [1.82, 2.24) is 0 Å². The van der Waals surface area contributed by atoms with Crippen molar-refractivity contribution in [3.05, 3.63) is 102 Å². The molecule has 7 heteroatoms. The highest BCUT2D eigenvalue weighted by molar-refractivity contribution is 5.98. The Kier molecular flexibility index (Phi) is 6.28. The number of hydrogen-bond donors (Lipinski definition) is 1. The molecule has 0 fully saturated rings. The van der Waals surface area contributed by atoms with Gasteiger partial charge in [-0.2, -0.15) is 5.26 Å². The molecule has 0 atom stereocenters. The Labute approximate surface area is 188 Å². The third kappa shape index (κ3) is 4.81. The van der Waals surface area contributed by atoms with E-state index in [4.69, 9.17) is 9.15 Å². The minimum Gasteiger partial charge on any atom is -0.452 e. The molecule has 0 radical (unpaired) electrons. The molecule has 162 valence electrons. The van der Waals surface area contributed by atoms with Gasteiger partial charge in [-0.15, -0.1) is 0 Å². The summed E-state index contributed by atoms with van der Waals surface area (Å²) in [6.07, 6.45) is 0. The molecule has 4 aromatic rings. The van der Waals surface area contributed by atoms with E-state index < -0.39 is 24.3 Å². The zero-order valence-corrected chi connectivity index (χ0v) is 17.2. The Morgan fingerprint density at radius 2 is 1.52 bits per heavy atom. The molecular formula is C26H17FN2O4. The monoisotopic (exact) mass is 440 g/mol. The number of amides is 1. The molecule has 0 bridgehead atoms. The molecule has 6 nitrogen and oxygen atoms in total. The number of carbonyl (C=O) groups excluding carboxylic acids is 2. The molecular weight excluding hydrogens is 423 g/mol. The van der Waals surface area contributed by atoms with Gasteiger partial charge in [0.25, 0.3) is 5.91 Å². The second kappa shape index (κ2) is 9.62. The standard InChI is InChI=1S/C26H17FN2O4/c27-20-13-11-19(12-14-20)26(31)32-16-22(30)29-25-21(15-28)23(17-7-3-1-4-8-17)24(33-25)18-9-5-2-6-10-18/h1-14H,16H2,(H,29,30). The SMILES string of the molecule is N#Cc1c(NC(=O)COC(=O)c2ccc(F)cc2)oc(-c2ccccc2)c1-c1ccccc1. The second-order valence-corrected chi connectivity index (χ2v) is 6.99. The average Bonchev–Trinajstić information content (AvgIpc) is 3.22. The lowest BCUT2D eigenvalue weighted by Crippen LogP contribution is -2.21. The summed E-state index contributed by atoms with van der Waals surface area (Å²) >= 11 is 0. The topological polar surface area (TPSA) is 92.3 Å². The number of nitrogens with one attached hydrogen (secondary N) is 1. The summed E-state index contributed by atoms with van der Waals surface area (Å²) in [4.78, 5) is 24.5. The Balaban J connectivity index is 1.59. The lowest BCUT2D eigenvalue weighted by Gasteiger charge is -2.05. The number of nitrogens with zero attached hydrogens (tertiary/aromatic N) is 1. The third-order valence-electron chi connectivity index (χ3n) is 4.79. The number of ether oxygens (including phenoxy) is 1. The summed E-state index contributed by atoms with van der Waals surface area (Å²) in [6.45, 7) is -0.608. The molecule has 4 rings (SSSR count). The zero-order valence-electron chi connectivity index (χ0n) is 17.2. The van der Waals surface area contributed by atoms with Crippen molar-refractivity contribution in [1.29, 1.82) is 5.26 Å². The first-order valence-electron chi connectivity index (χ1n) is 9.97. The first-order valence-corrected chi connectivity index (χ1v) is 9.97. The zero-order chi connectivity index (χ0) is 23.2. The maximum atomic E-state index is 13.0. The van der Waals surface area contributed by atoms with Gasteiger partial charge in [0, 0.05) is 11.1 Å². The first-order chi connectivity index (χ1) is 16.1. The van der Waals surface area contributed by atoms with Gasteiger partial charge in [0.2, 0.25) is 5.88 Å². The van der Waals surface area contributed by atoms with Crippen LogP contribution in [0.5, 0.6) is 0 Å². The van der Waals surface area contributed by atoms with Crippen LogP contribution in [0, 0.1) is 17.1 Å². The summed E-state index contributed by atoms with van der Waals surface area (Å²) < 4.78 is 23.9. The number of nitriles is 1. The summed E-state index contributed by atoms with van der Waals surface area (Å²) in [5, 5.41) is 12.4. The Bertz CT molecular complexity index is 1320. The number of carbonyl (C=O) groups is 2. The fourth-order valence-corrected chi connectivity index (χ4v) is 3.26. The van der Waals surface area contributed by atoms with Crippen LogP contribution < -0.4 is 5.32 Å². The van der Waals surface area contributed by atoms with Crippen LogP contribution in [0.15, 0.2) is 89.3 Å². The molecule has 3 aromatic carbocycles. The molecule has 0 aliphatic rings. The van der Waals surface area contributed by atoms with Gasteiger partial charge in [-0.3, -0.25) is 10.1 Å². The number of benzene rings is 3. The van der Waals surface area contributed by atoms with Gasteiger partial charge >= 0.3 is 5.97 Å². The fourth-order valence-electron chi connectivity index (χ4n) is 3.26. The van der Waals surface area contributed by atoms with Crippen molar-refractivity contribution in [2.45, 2.75) is 0 Å². The molecule has 0 saturated heterocycles. The lowest BCUT2D eigenvalue weighted by atomic mass is 9.98. The fraction of sp³-hybridized carbons (Fsp3) is 0.0385. The van der Waals surface area contributed by atoms with Gasteiger partial charge in [0.1, 0.15) is 23.2 Å². The second-order valence-electron chi connectivity index (χ2n) is 6.99. The molecule has 33 heavy (non-hydrogen) atoms. The van der Waals surface area contributed by atoms with Gasteiger partial charge in [0.15, 0.2) is 6.61 Å².